The molecule has 0 bridgehead atoms. The largest absolute Gasteiger partial charge is 0.469 e. The normalized spacial score (nSPS) is 9.86. The van der Waals surface area contributed by atoms with Gasteiger partial charge in [-0.2, -0.15) is 0 Å². The number of hydrogen-bond donors (Lipinski definition) is 2. The molecule has 2 N–H and O–H groups in total. The predicted molar refractivity (Wildman–Crippen MR) is 81.4 cm³/mol. The highest BCUT2D eigenvalue weighted by molar-refractivity contribution is 6.30. The molecule has 0 aliphatic rings. The fraction of sp³-hybridized carbons (Fsp3) is 0.188. The molecule has 0 spiro atoms. The van der Waals surface area contributed by atoms with Crippen LogP contribution >= 0.6 is 11.6 Å². The van der Waals surface area contributed by atoms with E-state index in [1.165, 1.54) is 6.26 Å². The summed E-state index contributed by atoms with van der Waals surface area (Å²) in [6.07, 6.45) is 1.83. The van der Waals surface area contributed by atoms with Gasteiger partial charge in [0, 0.05) is 17.0 Å². The molecule has 1 aromatic carbocycles. The zero-order valence-corrected chi connectivity index (χ0v) is 12.2. The molecular formula is C16H14ClNO3. The van der Waals surface area contributed by atoms with Crippen LogP contribution in [-0.2, 0) is 0 Å². The molecule has 0 aliphatic heterocycles. The second-order valence-corrected chi connectivity index (χ2v) is 4.75. The van der Waals surface area contributed by atoms with Gasteiger partial charge in [0.2, 0.25) is 0 Å². The molecule has 1 heterocycles. The van der Waals surface area contributed by atoms with Crippen molar-refractivity contribution in [3.63, 3.8) is 0 Å². The standard InChI is InChI=1S/C16H14ClNO3/c1-11-14(7-9-21-11)16(20)18-15-6-5-13(17)10-12(15)4-2-3-8-19/h5-7,9-10,19H,3,8H2,1H3,(H,18,20). The fourth-order valence-corrected chi connectivity index (χ4v) is 1.92. The van der Waals surface area contributed by atoms with Gasteiger partial charge < -0.3 is 14.8 Å². The molecule has 0 saturated heterocycles. The highest BCUT2D eigenvalue weighted by Gasteiger charge is 2.13. The van der Waals surface area contributed by atoms with Crippen LogP contribution in [-0.4, -0.2) is 17.6 Å². The van der Waals surface area contributed by atoms with E-state index in [9.17, 15) is 4.79 Å². The number of halogens is 1. The number of aryl methyl sites for hydroxylation is 1. The summed E-state index contributed by atoms with van der Waals surface area (Å²) < 4.78 is 5.11. The molecule has 2 aromatic rings. The lowest BCUT2D eigenvalue weighted by Crippen LogP contribution is -2.13. The number of carbonyl (C=O) groups excluding carboxylic acids is 1. The third-order valence-electron chi connectivity index (χ3n) is 2.79. The molecule has 108 valence electrons. The van der Waals surface area contributed by atoms with Gasteiger partial charge in [-0.25, -0.2) is 0 Å². The Morgan fingerprint density at radius 2 is 2.24 bits per heavy atom. The maximum atomic E-state index is 12.2. The van der Waals surface area contributed by atoms with Crippen LogP contribution in [0.15, 0.2) is 34.9 Å². The molecule has 0 radical (unpaired) electrons. The first-order chi connectivity index (χ1) is 10.1. The summed E-state index contributed by atoms with van der Waals surface area (Å²) in [5.41, 5.74) is 1.64. The average Bonchev–Trinajstić information content (AvgIpc) is 2.88. The summed E-state index contributed by atoms with van der Waals surface area (Å²) in [7, 11) is 0. The monoisotopic (exact) mass is 303 g/mol. The van der Waals surface area contributed by atoms with Gasteiger partial charge in [0.15, 0.2) is 0 Å². The van der Waals surface area contributed by atoms with E-state index in [1.807, 2.05) is 0 Å². The minimum Gasteiger partial charge on any atom is -0.469 e. The van der Waals surface area contributed by atoms with Crippen molar-refractivity contribution in [3.05, 3.63) is 52.4 Å². The zero-order valence-electron chi connectivity index (χ0n) is 11.4. The molecule has 0 atom stereocenters. The van der Waals surface area contributed by atoms with Crippen molar-refractivity contribution in [2.24, 2.45) is 0 Å². The van der Waals surface area contributed by atoms with E-state index in [0.29, 0.717) is 34.0 Å². The van der Waals surface area contributed by atoms with Crippen molar-refractivity contribution >= 4 is 23.2 Å². The number of carbonyl (C=O) groups is 1. The minimum absolute atomic E-state index is 0.0104. The van der Waals surface area contributed by atoms with Crippen LogP contribution in [0, 0.1) is 18.8 Å². The number of nitrogens with one attached hydrogen (secondary N) is 1. The Hall–Kier alpha value is -2.22. The molecule has 4 nitrogen and oxygen atoms in total. The third-order valence-corrected chi connectivity index (χ3v) is 3.03. The summed E-state index contributed by atoms with van der Waals surface area (Å²) in [5, 5.41) is 12.1. The van der Waals surface area contributed by atoms with Gasteiger partial charge in [0.05, 0.1) is 24.1 Å². The molecule has 1 amide bonds. The topological polar surface area (TPSA) is 62.5 Å². The van der Waals surface area contributed by atoms with Gasteiger partial charge >= 0.3 is 0 Å². The van der Waals surface area contributed by atoms with Crippen molar-refractivity contribution in [1.29, 1.82) is 0 Å². The van der Waals surface area contributed by atoms with E-state index in [0.717, 1.165) is 0 Å². The molecule has 2 rings (SSSR count). The van der Waals surface area contributed by atoms with Crippen LogP contribution in [0.2, 0.25) is 5.02 Å². The lowest BCUT2D eigenvalue weighted by atomic mass is 10.1. The Labute approximate surface area is 127 Å². The number of aliphatic hydroxyl groups is 1. The number of amides is 1. The van der Waals surface area contributed by atoms with Crippen LogP contribution in [0.4, 0.5) is 5.69 Å². The number of aliphatic hydroxyl groups excluding tert-OH is 1. The summed E-state index contributed by atoms with van der Waals surface area (Å²) in [4.78, 5) is 12.2. The van der Waals surface area contributed by atoms with Gasteiger partial charge in [-0.1, -0.05) is 23.4 Å². The van der Waals surface area contributed by atoms with Gasteiger partial charge in [-0.15, -0.1) is 0 Å². The quantitative estimate of drug-likeness (QED) is 0.856. The number of hydrogen-bond acceptors (Lipinski definition) is 3. The Morgan fingerprint density at radius 3 is 2.90 bits per heavy atom. The molecule has 0 aliphatic carbocycles. The van der Waals surface area contributed by atoms with E-state index < -0.39 is 0 Å². The minimum atomic E-state index is -0.270. The molecule has 5 heteroatoms. The summed E-state index contributed by atoms with van der Waals surface area (Å²) in [6, 6.07) is 6.65. The van der Waals surface area contributed by atoms with E-state index in [-0.39, 0.29) is 12.5 Å². The first kappa shape index (κ1) is 15.2. The predicted octanol–water partition coefficient (Wildman–Crippen LogP) is 3.23. The number of rotatable bonds is 3. The number of anilines is 1. The van der Waals surface area contributed by atoms with Crippen molar-refractivity contribution in [2.45, 2.75) is 13.3 Å². The first-order valence-electron chi connectivity index (χ1n) is 6.36. The van der Waals surface area contributed by atoms with Crippen molar-refractivity contribution in [3.8, 4) is 11.8 Å². The molecular weight excluding hydrogens is 290 g/mol. The Balaban J connectivity index is 2.26. The maximum Gasteiger partial charge on any atom is 0.259 e. The first-order valence-corrected chi connectivity index (χ1v) is 6.74. The van der Waals surface area contributed by atoms with E-state index in [4.69, 9.17) is 21.1 Å². The van der Waals surface area contributed by atoms with E-state index >= 15 is 0 Å². The second kappa shape index (κ2) is 6.98. The third kappa shape index (κ3) is 3.88. The van der Waals surface area contributed by atoms with Crippen LogP contribution in [0.3, 0.4) is 0 Å². The van der Waals surface area contributed by atoms with Crippen molar-refractivity contribution in [1.82, 2.24) is 0 Å². The average molecular weight is 304 g/mol. The van der Waals surface area contributed by atoms with E-state index in [1.54, 1.807) is 31.2 Å². The number of furan rings is 1. The number of benzene rings is 1. The lowest BCUT2D eigenvalue weighted by Gasteiger charge is -2.07. The lowest BCUT2D eigenvalue weighted by molar-refractivity contribution is 0.102. The molecule has 0 unspecified atom stereocenters. The summed E-state index contributed by atoms with van der Waals surface area (Å²) >= 11 is 5.95. The summed E-state index contributed by atoms with van der Waals surface area (Å²) in [6.45, 7) is 1.71. The van der Waals surface area contributed by atoms with Crippen LogP contribution in [0.1, 0.15) is 28.1 Å². The Morgan fingerprint density at radius 1 is 1.43 bits per heavy atom. The van der Waals surface area contributed by atoms with Crippen LogP contribution in [0.25, 0.3) is 0 Å². The summed E-state index contributed by atoms with van der Waals surface area (Å²) in [5.74, 6) is 5.98. The van der Waals surface area contributed by atoms with Crippen LogP contribution < -0.4 is 5.32 Å². The maximum absolute atomic E-state index is 12.2. The van der Waals surface area contributed by atoms with Gasteiger partial charge in [0.1, 0.15) is 5.76 Å². The van der Waals surface area contributed by atoms with E-state index in [2.05, 4.69) is 17.2 Å². The Bertz CT molecular complexity index is 710. The Kier molecular flexibility index (Phi) is 5.04. The van der Waals surface area contributed by atoms with Gasteiger partial charge in [-0.05, 0) is 31.2 Å². The molecule has 1 aromatic heterocycles. The zero-order chi connectivity index (χ0) is 15.2. The van der Waals surface area contributed by atoms with Gasteiger partial charge in [-0.3, -0.25) is 4.79 Å². The van der Waals surface area contributed by atoms with Crippen molar-refractivity contribution in [2.75, 3.05) is 11.9 Å². The molecule has 21 heavy (non-hydrogen) atoms. The molecule has 0 saturated carbocycles. The second-order valence-electron chi connectivity index (χ2n) is 4.31. The highest BCUT2D eigenvalue weighted by atomic mass is 35.5. The molecule has 0 fully saturated rings. The van der Waals surface area contributed by atoms with Crippen molar-refractivity contribution < 1.29 is 14.3 Å². The highest BCUT2D eigenvalue weighted by Crippen LogP contribution is 2.21. The fourth-order valence-electron chi connectivity index (χ4n) is 1.75. The smallest absolute Gasteiger partial charge is 0.259 e. The van der Waals surface area contributed by atoms with Crippen LogP contribution in [0.5, 0.6) is 0 Å². The van der Waals surface area contributed by atoms with Gasteiger partial charge in [0.25, 0.3) is 5.91 Å². The SMILES string of the molecule is Cc1occc1C(=O)Nc1ccc(Cl)cc1C#CCCO.